The number of benzene rings is 4. The first-order valence-corrected chi connectivity index (χ1v) is 11.2. The number of ether oxygens (including phenoxy) is 2. The van der Waals surface area contributed by atoms with Crippen molar-refractivity contribution in [1.29, 1.82) is 0 Å². The van der Waals surface area contributed by atoms with Gasteiger partial charge in [-0.1, -0.05) is 97.1 Å². The predicted molar refractivity (Wildman–Crippen MR) is 135 cm³/mol. The quantitative estimate of drug-likeness (QED) is 0.318. The van der Waals surface area contributed by atoms with E-state index in [2.05, 4.69) is 10.9 Å². The van der Waals surface area contributed by atoms with Crippen LogP contribution in [-0.4, -0.2) is 25.2 Å². The molecule has 1 atom stereocenters. The van der Waals surface area contributed by atoms with Crippen LogP contribution in [0, 0.1) is 0 Å². The summed E-state index contributed by atoms with van der Waals surface area (Å²) < 4.78 is 10.8. The second-order valence-electron chi connectivity index (χ2n) is 8.00. The summed E-state index contributed by atoms with van der Waals surface area (Å²) in [6.07, 6.45) is 0. The van der Waals surface area contributed by atoms with Gasteiger partial charge in [-0.3, -0.25) is 10.2 Å². The first kappa shape index (κ1) is 24.0. The van der Waals surface area contributed by atoms with Gasteiger partial charge in [-0.05, 0) is 34.4 Å². The number of amides is 1. The Morgan fingerprint density at radius 3 is 1.74 bits per heavy atom. The standard InChI is InChI=1S/C29H28N2O4/c1-34-25-19-18-22(20-26(25)35-2)27(21-12-6-3-7-13-21)30-31-28(32)29(33,23-14-8-4-9-15-23)24-16-10-5-11-17-24/h3-20,27,30,33H,1-2H3,(H,31,32)/t27-/m1/s1. The van der Waals surface area contributed by atoms with Gasteiger partial charge >= 0.3 is 0 Å². The molecule has 6 heteroatoms. The summed E-state index contributed by atoms with van der Waals surface area (Å²) in [5.74, 6) is 0.579. The van der Waals surface area contributed by atoms with Crippen LogP contribution in [0.3, 0.4) is 0 Å². The van der Waals surface area contributed by atoms with Crippen LogP contribution in [0.15, 0.2) is 109 Å². The molecule has 0 saturated carbocycles. The van der Waals surface area contributed by atoms with Crippen molar-refractivity contribution < 1.29 is 19.4 Å². The second kappa shape index (κ2) is 10.9. The summed E-state index contributed by atoms with van der Waals surface area (Å²) in [6, 6.07) is 32.6. The lowest BCUT2D eigenvalue weighted by Crippen LogP contribution is -2.51. The maximum Gasteiger partial charge on any atom is 0.275 e. The highest BCUT2D eigenvalue weighted by atomic mass is 16.5. The number of carbonyl (C=O) groups is 1. The van der Waals surface area contributed by atoms with E-state index in [9.17, 15) is 9.90 Å². The van der Waals surface area contributed by atoms with Gasteiger partial charge < -0.3 is 14.6 Å². The fraction of sp³-hybridized carbons (Fsp3) is 0.138. The summed E-state index contributed by atoms with van der Waals surface area (Å²) in [6.45, 7) is 0. The monoisotopic (exact) mass is 468 g/mol. The number of hydrogen-bond donors (Lipinski definition) is 3. The number of hydrogen-bond acceptors (Lipinski definition) is 5. The summed E-state index contributed by atoms with van der Waals surface area (Å²) in [4.78, 5) is 13.6. The molecule has 3 N–H and O–H groups in total. The average Bonchev–Trinajstić information content (AvgIpc) is 2.94. The van der Waals surface area contributed by atoms with Crippen molar-refractivity contribution in [3.8, 4) is 11.5 Å². The molecule has 0 heterocycles. The molecule has 0 spiro atoms. The minimum atomic E-state index is -1.89. The van der Waals surface area contributed by atoms with Gasteiger partial charge in [-0.25, -0.2) is 5.43 Å². The van der Waals surface area contributed by atoms with Crippen molar-refractivity contribution in [3.05, 3.63) is 131 Å². The van der Waals surface area contributed by atoms with Crippen LogP contribution in [0.5, 0.6) is 11.5 Å². The molecule has 4 aromatic carbocycles. The third-order valence-electron chi connectivity index (χ3n) is 5.92. The Bertz CT molecular complexity index is 1210. The van der Waals surface area contributed by atoms with Crippen LogP contribution in [0.4, 0.5) is 0 Å². The zero-order chi connectivity index (χ0) is 24.7. The molecule has 35 heavy (non-hydrogen) atoms. The maximum atomic E-state index is 13.6. The minimum Gasteiger partial charge on any atom is -0.493 e. The van der Waals surface area contributed by atoms with Crippen molar-refractivity contribution in [2.45, 2.75) is 11.6 Å². The Morgan fingerprint density at radius 1 is 0.714 bits per heavy atom. The molecule has 0 aliphatic heterocycles. The van der Waals surface area contributed by atoms with Gasteiger partial charge in [0.1, 0.15) is 0 Å². The molecule has 6 nitrogen and oxygen atoms in total. The molecule has 178 valence electrons. The van der Waals surface area contributed by atoms with Gasteiger partial charge in [0.15, 0.2) is 17.1 Å². The van der Waals surface area contributed by atoms with Crippen molar-refractivity contribution >= 4 is 5.91 Å². The number of rotatable bonds is 9. The number of nitrogens with one attached hydrogen (secondary N) is 2. The highest BCUT2D eigenvalue weighted by molar-refractivity contribution is 5.89. The van der Waals surface area contributed by atoms with Crippen LogP contribution in [0.2, 0.25) is 0 Å². The summed E-state index contributed by atoms with van der Waals surface area (Å²) >= 11 is 0. The van der Waals surface area contributed by atoms with Gasteiger partial charge in [0, 0.05) is 0 Å². The molecule has 0 aliphatic carbocycles. The zero-order valence-electron chi connectivity index (χ0n) is 19.6. The van der Waals surface area contributed by atoms with Crippen LogP contribution >= 0.6 is 0 Å². The average molecular weight is 469 g/mol. The van der Waals surface area contributed by atoms with Gasteiger partial charge in [0.25, 0.3) is 5.91 Å². The summed E-state index contributed by atoms with van der Waals surface area (Å²) in [5.41, 5.74) is 6.70. The van der Waals surface area contributed by atoms with Gasteiger partial charge in [0.05, 0.1) is 20.3 Å². The fourth-order valence-corrected chi connectivity index (χ4v) is 4.05. The van der Waals surface area contributed by atoms with E-state index in [1.165, 1.54) is 0 Å². The third kappa shape index (κ3) is 5.04. The predicted octanol–water partition coefficient (Wildman–Crippen LogP) is 4.35. The molecule has 0 aromatic heterocycles. The fourth-order valence-electron chi connectivity index (χ4n) is 4.05. The SMILES string of the molecule is COc1ccc([C@H](NNC(=O)C(O)(c2ccccc2)c2ccccc2)c2ccccc2)cc1OC. The highest BCUT2D eigenvalue weighted by Crippen LogP contribution is 2.33. The smallest absolute Gasteiger partial charge is 0.275 e. The number of methoxy groups -OCH3 is 2. The molecule has 0 fully saturated rings. The normalized spacial score (nSPS) is 12.0. The Kier molecular flexibility index (Phi) is 7.45. The van der Waals surface area contributed by atoms with Crippen molar-refractivity contribution in [1.82, 2.24) is 10.9 Å². The van der Waals surface area contributed by atoms with E-state index < -0.39 is 17.6 Å². The van der Waals surface area contributed by atoms with E-state index >= 15 is 0 Å². The molecular weight excluding hydrogens is 440 g/mol. The molecule has 4 aromatic rings. The van der Waals surface area contributed by atoms with Gasteiger partial charge in [-0.2, -0.15) is 0 Å². The molecule has 0 bridgehead atoms. The molecule has 0 saturated heterocycles. The van der Waals surface area contributed by atoms with Crippen molar-refractivity contribution in [3.63, 3.8) is 0 Å². The van der Waals surface area contributed by atoms with Gasteiger partial charge in [0.2, 0.25) is 0 Å². The van der Waals surface area contributed by atoms with E-state index in [4.69, 9.17) is 9.47 Å². The van der Waals surface area contributed by atoms with Crippen LogP contribution in [-0.2, 0) is 10.4 Å². The molecule has 4 rings (SSSR count). The molecule has 0 aliphatic rings. The van der Waals surface area contributed by atoms with Crippen molar-refractivity contribution in [2.24, 2.45) is 0 Å². The Hall–Kier alpha value is -4.13. The van der Waals surface area contributed by atoms with E-state index in [-0.39, 0.29) is 0 Å². The topological polar surface area (TPSA) is 79.8 Å². The summed E-state index contributed by atoms with van der Waals surface area (Å²) in [7, 11) is 3.16. The van der Waals surface area contributed by atoms with E-state index in [1.54, 1.807) is 62.8 Å². The summed E-state index contributed by atoms with van der Waals surface area (Å²) in [5, 5.41) is 11.7. The Labute approximate surface area is 205 Å². The van der Waals surface area contributed by atoms with E-state index in [0.29, 0.717) is 22.6 Å². The highest BCUT2D eigenvalue weighted by Gasteiger charge is 2.40. The first-order chi connectivity index (χ1) is 17.1. The lowest BCUT2D eigenvalue weighted by molar-refractivity contribution is -0.138. The minimum absolute atomic E-state index is 0.421. The molecule has 0 unspecified atom stereocenters. The molecule has 1 amide bonds. The van der Waals surface area contributed by atoms with E-state index in [0.717, 1.165) is 11.1 Å². The maximum absolute atomic E-state index is 13.6. The van der Waals surface area contributed by atoms with Crippen LogP contribution < -0.4 is 20.3 Å². The van der Waals surface area contributed by atoms with Crippen LogP contribution in [0.1, 0.15) is 28.3 Å². The van der Waals surface area contributed by atoms with Crippen molar-refractivity contribution in [2.75, 3.05) is 14.2 Å². The number of aliphatic hydroxyl groups is 1. The number of carbonyl (C=O) groups excluding carboxylic acids is 1. The lowest BCUT2D eigenvalue weighted by Gasteiger charge is -2.30. The van der Waals surface area contributed by atoms with Gasteiger partial charge in [-0.15, -0.1) is 0 Å². The number of hydrazine groups is 1. The van der Waals surface area contributed by atoms with Crippen LogP contribution in [0.25, 0.3) is 0 Å². The lowest BCUT2D eigenvalue weighted by atomic mass is 9.85. The Morgan fingerprint density at radius 2 is 1.23 bits per heavy atom. The zero-order valence-corrected chi connectivity index (χ0v) is 19.6. The first-order valence-electron chi connectivity index (χ1n) is 11.2. The third-order valence-corrected chi connectivity index (χ3v) is 5.92. The molecular formula is C29H28N2O4. The molecule has 0 radical (unpaired) electrons. The second-order valence-corrected chi connectivity index (χ2v) is 8.00. The van der Waals surface area contributed by atoms with E-state index in [1.807, 2.05) is 60.7 Å². The Balaban J connectivity index is 1.68. The largest absolute Gasteiger partial charge is 0.493 e.